The molecule has 152 valence electrons. The van der Waals surface area contributed by atoms with Crippen LogP contribution in [0.2, 0.25) is 5.02 Å². The first-order valence-corrected chi connectivity index (χ1v) is 10.3. The fraction of sp³-hybridized carbons (Fsp3) is 0.391. The van der Waals surface area contributed by atoms with E-state index in [2.05, 4.69) is 0 Å². The van der Waals surface area contributed by atoms with Crippen molar-refractivity contribution in [2.45, 2.75) is 52.4 Å². The normalized spacial score (nSPS) is 16.5. The van der Waals surface area contributed by atoms with Gasteiger partial charge in [0.1, 0.15) is 5.75 Å². The highest BCUT2D eigenvalue weighted by Crippen LogP contribution is 2.36. The highest BCUT2D eigenvalue weighted by Gasteiger charge is 2.34. The Hall–Kier alpha value is -2.53. The largest absolute Gasteiger partial charge is 0.496 e. The number of halogens is 1. The van der Waals surface area contributed by atoms with Crippen LogP contribution in [0, 0.1) is 0 Å². The number of rotatable bonds is 5. The van der Waals surface area contributed by atoms with Crippen molar-refractivity contribution < 1.29 is 14.3 Å². The maximum Gasteiger partial charge on any atom is 0.254 e. The molecule has 5 nitrogen and oxygen atoms in total. The van der Waals surface area contributed by atoms with Crippen molar-refractivity contribution in [3.05, 3.63) is 63.2 Å². The van der Waals surface area contributed by atoms with Crippen LogP contribution in [0.3, 0.4) is 0 Å². The zero-order chi connectivity index (χ0) is 20.9. The van der Waals surface area contributed by atoms with Gasteiger partial charge in [-0.15, -0.1) is 0 Å². The summed E-state index contributed by atoms with van der Waals surface area (Å²) in [6, 6.07) is 9.46. The minimum absolute atomic E-state index is 0.0105. The third-order valence-electron chi connectivity index (χ3n) is 5.94. The molecule has 6 heteroatoms. The van der Waals surface area contributed by atoms with E-state index in [4.69, 9.17) is 16.3 Å². The van der Waals surface area contributed by atoms with Gasteiger partial charge in [-0.05, 0) is 56.5 Å². The Labute approximate surface area is 176 Å². The van der Waals surface area contributed by atoms with Crippen molar-refractivity contribution in [1.82, 2.24) is 9.80 Å². The molecule has 4 rings (SSSR count). The first kappa shape index (κ1) is 19.8. The molecule has 0 aliphatic carbocycles. The van der Waals surface area contributed by atoms with E-state index >= 15 is 0 Å². The molecule has 0 aromatic heterocycles. The van der Waals surface area contributed by atoms with Gasteiger partial charge in [0, 0.05) is 40.3 Å². The zero-order valence-corrected chi connectivity index (χ0v) is 17.9. The maximum atomic E-state index is 12.9. The van der Waals surface area contributed by atoms with E-state index in [0.717, 1.165) is 22.4 Å². The molecular weight excluding hydrogens is 388 g/mol. The molecule has 0 saturated heterocycles. The topological polar surface area (TPSA) is 49.9 Å². The van der Waals surface area contributed by atoms with Gasteiger partial charge in [-0.1, -0.05) is 23.7 Å². The summed E-state index contributed by atoms with van der Waals surface area (Å²) in [6.45, 7) is 7.22. The van der Waals surface area contributed by atoms with E-state index < -0.39 is 0 Å². The summed E-state index contributed by atoms with van der Waals surface area (Å²) in [5.41, 5.74) is 4.36. The summed E-state index contributed by atoms with van der Waals surface area (Å²) >= 11 is 6.07. The number of amides is 2. The molecule has 29 heavy (non-hydrogen) atoms. The second-order valence-corrected chi connectivity index (χ2v) is 8.53. The number of benzene rings is 2. The predicted octanol–water partition coefficient (Wildman–Crippen LogP) is 4.30. The van der Waals surface area contributed by atoms with Crippen molar-refractivity contribution in [1.29, 1.82) is 0 Å². The molecule has 2 aliphatic rings. The molecule has 2 aromatic carbocycles. The fourth-order valence-electron chi connectivity index (χ4n) is 4.34. The van der Waals surface area contributed by atoms with Crippen LogP contribution in [-0.4, -0.2) is 40.8 Å². The highest BCUT2D eigenvalue weighted by atomic mass is 35.5. The summed E-state index contributed by atoms with van der Waals surface area (Å²) in [5, 5.41) is 0.575. The number of ether oxygens (including phenoxy) is 1. The van der Waals surface area contributed by atoms with Crippen molar-refractivity contribution in [2.24, 2.45) is 0 Å². The summed E-state index contributed by atoms with van der Waals surface area (Å²) in [4.78, 5) is 29.2. The van der Waals surface area contributed by atoms with Crippen LogP contribution < -0.4 is 4.74 Å². The first-order valence-electron chi connectivity index (χ1n) is 9.91. The maximum absolute atomic E-state index is 12.9. The van der Waals surface area contributed by atoms with Gasteiger partial charge in [0.25, 0.3) is 11.8 Å². The number of nitrogens with zero attached hydrogens (tertiary/aromatic N) is 2. The van der Waals surface area contributed by atoms with Crippen molar-refractivity contribution in [3.63, 3.8) is 0 Å². The third kappa shape index (κ3) is 3.27. The van der Waals surface area contributed by atoms with Gasteiger partial charge in [0.05, 0.1) is 13.7 Å². The Kier molecular flexibility index (Phi) is 5.03. The van der Waals surface area contributed by atoms with Crippen LogP contribution in [0.25, 0.3) is 0 Å². The average Bonchev–Trinajstić information content (AvgIpc) is 3.19. The molecule has 2 aromatic rings. The van der Waals surface area contributed by atoms with Crippen molar-refractivity contribution in [2.75, 3.05) is 7.11 Å². The molecule has 1 atom stereocenters. The summed E-state index contributed by atoms with van der Waals surface area (Å²) in [5.74, 6) is 0.823. The molecule has 1 unspecified atom stereocenters. The zero-order valence-electron chi connectivity index (χ0n) is 17.2. The minimum Gasteiger partial charge on any atom is -0.496 e. The number of hydrogen-bond donors (Lipinski definition) is 0. The quantitative estimate of drug-likeness (QED) is 0.735. The van der Waals surface area contributed by atoms with Crippen LogP contribution in [0.4, 0.5) is 0 Å². The molecule has 0 fully saturated rings. The average molecular weight is 413 g/mol. The van der Waals surface area contributed by atoms with Gasteiger partial charge in [0.15, 0.2) is 0 Å². The molecule has 2 heterocycles. The van der Waals surface area contributed by atoms with Crippen molar-refractivity contribution in [3.8, 4) is 5.75 Å². The third-order valence-corrected chi connectivity index (χ3v) is 6.18. The van der Waals surface area contributed by atoms with E-state index in [0.29, 0.717) is 35.7 Å². The van der Waals surface area contributed by atoms with Crippen LogP contribution in [0.5, 0.6) is 5.75 Å². The number of methoxy groups -OCH3 is 1. The molecular formula is C23H25ClN2O3. The Bertz CT molecular complexity index is 1000. The summed E-state index contributed by atoms with van der Waals surface area (Å²) in [7, 11) is 1.64. The molecule has 2 amide bonds. The van der Waals surface area contributed by atoms with Crippen molar-refractivity contribution >= 4 is 23.4 Å². The summed E-state index contributed by atoms with van der Waals surface area (Å²) in [6.07, 6.45) is 0.653. The lowest BCUT2D eigenvalue weighted by Crippen LogP contribution is -2.35. The van der Waals surface area contributed by atoms with Gasteiger partial charge in [-0.3, -0.25) is 9.59 Å². The number of carbonyl (C=O) groups excluding carboxylic acids is 2. The molecule has 0 saturated carbocycles. The standard InChI is InChI=1S/C23H25ClN2O3/c1-13(2)25-12-20-18(22(25)27)8-6-15(21(20)29-4)9-14(3)26-11-16-5-7-17(24)10-19(16)23(26)28/h5-8,10,13-14H,9,11-12H2,1-4H3. The van der Waals surface area contributed by atoms with E-state index in [1.807, 2.05) is 54.8 Å². The van der Waals surface area contributed by atoms with Gasteiger partial charge in [-0.25, -0.2) is 0 Å². The molecule has 0 N–H and O–H groups in total. The highest BCUT2D eigenvalue weighted by molar-refractivity contribution is 6.31. The van der Waals surface area contributed by atoms with Crippen LogP contribution in [0.15, 0.2) is 30.3 Å². The fourth-order valence-corrected chi connectivity index (χ4v) is 4.51. The monoisotopic (exact) mass is 412 g/mol. The predicted molar refractivity (Wildman–Crippen MR) is 112 cm³/mol. The van der Waals surface area contributed by atoms with E-state index in [-0.39, 0.29) is 23.9 Å². The van der Waals surface area contributed by atoms with Gasteiger partial charge < -0.3 is 14.5 Å². The Morgan fingerprint density at radius 3 is 2.41 bits per heavy atom. The molecule has 0 spiro atoms. The van der Waals surface area contributed by atoms with Gasteiger partial charge >= 0.3 is 0 Å². The molecule has 0 radical (unpaired) electrons. The van der Waals surface area contributed by atoms with Gasteiger partial charge in [-0.2, -0.15) is 0 Å². The number of hydrogen-bond acceptors (Lipinski definition) is 3. The lowest BCUT2D eigenvalue weighted by molar-refractivity contribution is 0.0712. The van der Waals surface area contributed by atoms with E-state index in [1.54, 1.807) is 13.2 Å². The van der Waals surface area contributed by atoms with E-state index in [9.17, 15) is 9.59 Å². The van der Waals surface area contributed by atoms with Crippen LogP contribution >= 0.6 is 11.6 Å². The lowest BCUT2D eigenvalue weighted by Gasteiger charge is -2.25. The Morgan fingerprint density at radius 1 is 1.00 bits per heavy atom. The second-order valence-electron chi connectivity index (χ2n) is 8.10. The molecule has 0 bridgehead atoms. The second kappa shape index (κ2) is 7.38. The number of carbonyl (C=O) groups is 2. The smallest absolute Gasteiger partial charge is 0.254 e. The van der Waals surface area contributed by atoms with Crippen LogP contribution in [-0.2, 0) is 19.5 Å². The van der Waals surface area contributed by atoms with Gasteiger partial charge in [0.2, 0.25) is 0 Å². The minimum atomic E-state index is -0.0149. The Morgan fingerprint density at radius 2 is 1.72 bits per heavy atom. The summed E-state index contributed by atoms with van der Waals surface area (Å²) < 4.78 is 5.73. The molecule has 2 aliphatic heterocycles. The number of fused-ring (bicyclic) bond motifs is 2. The first-order chi connectivity index (χ1) is 13.8. The SMILES string of the molecule is COc1c(CC(C)N2Cc3ccc(Cl)cc3C2=O)ccc2c1CN(C(C)C)C2=O. The van der Waals surface area contributed by atoms with Crippen LogP contribution in [0.1, 0.15) is 58.2 Å². The van der Waals surface area contributed by atoms with E-state index in [1.165, 1.54) is 0 Å². The lowest BCUT2D eigenvalue weighted by atomic mass is 9.99. The Balaban J connectivity index is 1.59.